The van der Waals surface area contributed by atoms with E-state index in [4.69, 9.17) is 9.47 Å². The highest BCUT2D eigenvalue weighted by atomic mass is 16.7. The standard InChI is InChI=1S/C21H20N2O6/c24-19(13-5-6-17-18(11-13)29-12-28-17)22-14-7-9-23(10-8-14)20(25)15-3-1-2-4-16(15)21(26)27/h1-6,11,14H,7-10,12H2,(H,22,24)(H,26,27). The molecular formula is C21H20N2O6. The second-order valence-corrected chi connectivity index (χ2v) is 6.96. The number of carboxylic acid groups (broad SMARTS) is 1. The van der Waals surface area contributed by atoms with Gasteiger partial charge in [-0.1, -0.05) is 12.1 Å². The number of likely N-dealkylation sites (tertiary alicyclic amines) is 1. The summed E-state index contributed by atoms with van der Waals surface area (Å²) in [4.78, 5) is 38.2. The number of aromatic carboxylic acids is 1. The van der Waals surface area contributed by atoms with Gasteiger partial charge in [-0.25, -0.2) is 4.79 Å². The number of ether oxygens (including phenoxy) is 2. The fourth-order valence-electron chi connectivity index (χ4n) is 3.56. The van der Waals surface area contributed by atoms with Crippen molar-refractivity contribution in [3.8, 4) is 11.5 Å². The molecule has 2 aliphatic heterocycles. The first-order chi connectivity index (χ1) is 14.0. The van der Waals surface area contributed by atoms with Crippen LogP contribution in [0.4, 0.5) is 0 Å². The molecule has 0 radical (unpaired) electrons. The number of nitrogens with one attached hydrogen (secondary N) is 1. The van der Waals surface area contributed by atoms with Gasteiger partial charge in [0.1, 0.15) is 0 Å². The summed E-state index contributed by atoms with van der Waals surface area (Å²) in [7, 11) is 0. The second-order valence-electron chi connectivity index (χ2n) is 6.96. The van der Waals surface area contributed by atoms with Crippen molar-refractivity contribution in [2.24, 2.45) is 0 Å². The van der Waals surface area contributed by atoms with E-state index in [0.29, 0.717) is 43.0 Å². The average Bonchev–Trinajstić information content (AvgIpc) is 3.21. The van der Waals surface area contributed by atoms with Gasteiger partial charge >= 0.3 is 5.97 Å². The van der Waals surface area contributed by atoms with Crippen LogP contribution in [0.1, 0.15) is 43.9 Å². The highest BCUT2D eigenvalue weighted by Gasteiger charge is 2.27. The van der Waals surface area contributed by atoms with Gasteiger partial charge < -0.3 is 24.8 Å². The molecule has 29 heavy (non-hydrogen) atoms. The predicted molar refractivity (Wildman–Crippen MR) is 102 cm³/mol. The van der Waals surface area contributed by atoms with Crippen LogP contribution in [0.5, 0.6) is 11.5 Å². The highest BCUT2D eigenvalue weighted by Crippen LogP contribution is 2.32. The molecule has 0 aromatic heterocycles. The Hall–Kier alpha value is -3.55. The van der Waals surface area contributed by atoms with Crippen molar-refractivity contribution < 1.29 is 29.0 Å². The van der Waals surface area contributed by atoms with Gasteiger partial charge in [-0.15, -0.1) is 0 Å². The van der Waals surface area contributed by atoms with Crippen LogP contribution in [0.25, 0.3) is 0 Å². The Bertz CT molecular complexity index is 965. The first-order valence-corrected chi connectivity index (χ1v) is 9.35. The Morgan fingerprint density at radius 3 is 2.38 bits per heavy atom. The lowest BCUT2D eigenvalue weighted by atomic mass is 10.0. The first-order valence-electron chi connectivity index (χ1n) is 9.35. The summed E-state index contributed by atoms with van der Waals surface area (Å²) in [5.41, 5.74) is 0.668. The SMILES string of the molecule is O=C(NC1CCN(C(=O)c2ccccc2C(=O)O)CC1)c1ccc2c(c1)OCO2. The summed E-state index contributed by atoms with van der Waals surface area (Å²) in [6, 6.07) is 11.2. The predicted octanol–water partition coefficient (Wildman–Crippen LogP) is 2.15. The van der Waals surface area contributed by atoms with E-state index in [1.165, 1.54) is 12.1 Å². The Labute approximate surface area is 167 Å². The molecule has 2 aromatic rings. The summed E-state index contributed by atoms with van der Waals surface area (Å²) < 4.78 is 10.5. The van der Waals surface area contributed by atoms with Crippen molar-refractivity contribution in [2.45, 2.75) is 18.9 Å². The van der Waals surface area contributed by atoms with Crippen LogP contribution in [0.2, 0.25) is 0 Å². The summed E-state index contributed by atoms with van der Waals surface area (Å²) in [6.07, 6.45) is 1.19. The fourth-order valence-corrected chi connectivity index (χ4v) is 3.56. The molecule has 0 unspecified atom stereocenters. The molecule has 0 spiro atoms. The smallest absolute Gasteiger partial charge is 0.336 e. The van der Waals surface area contributed by atoms with Crippen molar-refractivity contribution in [3.05, 3.63) is 59.2 Å². The Kier molecular flexibility index (Phi) is 5.07. The molecule has 2 heterocycles. The molecule has 0 atom stereocenters. The van der Waals surface area contributed by atoms with E-state index in [1.807, 2.05) is 0 Å². The van der Waals surface area contributed by atoms with Gasteiger partial charge in [-0.3, -0.25) is 9.59 Å². The number of nitrogens with zero attached hydrogens (tertiary/aromatic N) is 1. The molecule has 1 saturated heterocycles. The number of amides is 2. The normalized spacial score (nSPS) is 15.8. The van der Waals surface area contributed by atoms with Crippen molar-refractivity contribution in [1.82, 2.24) is 10.2 Å². The van der Waals surface area contributed by atoms with Crippen molar-refractivity contribution in [3.63, 3.8) is 0 Å². The molecule has 150 valence electrons. The molecule has 8 nitrogen and oxygen atoms in total. The van der Waals surface area contributed by atoms with Crippen LogP contribution in [0.15, 0.2) is 42.5 Å². The van der Waals surface area contributed by atoms with Crippen LogP contribution in [0, 0.1) is 0 Å². The zero-order valence-corrected chi connectivity index (χ0v) is 15.6. The molecular weight excluding hydrogens is 376 g/mol. The number of benzene rings is 2. The van der Waals surface area contributed by atoms with Crippen LogP contribution in [0.3, 0.4) is 0 Å². The summed E-state index contributed by atoms with van der Waals surface area (Å²) in [5.74, 6) is -0.460. The number of fused-ring (bicyclic) bond motifs is 1. The number of hydrogen-bond acceptors (Lipinski definition) is 5. The molecule has 2 N–H and O–H groups in total. The topological polar surface area (TPSA) is 105 Å². The van der Waals surface area contributed by atoms with Crippen molar-refractivity contribution >= 4 is 17.8 Å². The maximum atomic E-state index is 12.7. The third-order valence-electron chi connectivity index (χ3n) is 5.14. The fraction of sp³-hybridized carbons (Fsp3) is 0.286. The van der Waals surface area contributed by atoms with E-state index >= 15 is 0 Å². The zero-order valence-electron chi connectivity index (χ0n) is 15.6. The largest absolute Gasteiger partial charge is 0.478 e. The number of piperidine rings is 1. The van der Waals surface area contributed by atoms with Crippen molar-refractivity contribution in [2.75, 3.05) is 19.9 Å². The quantitative estimate of drug-likeness (QED) is 0.821. The van der Waals surface area contributed by atoms with E-state index < -0.39 is 5.97 Å². The zero-order chi connectivity index (χ0) is 20.4. The maximum absolute atomic E-state index is 12.7. The Balaban J connectivity index is 1.35. The van der Waals surface area contributed by atoms with Crippen LogP contribution in [-0.4, -0.2) is 53.7 Å². The highest BCUT2D eigenvalue weighted by molar-refractivity contribution is 6.04. The van der Waals surface area contributed by atoms with Crippen LogP contribution >= 0.6 is 0 Å². The van der Waals surface area contributed by atoms with Gasteiger partial charge in [0.25, 0.3) is 11.8 Å². The lowest BCUT2D eigenvalue weighted by Gasteiger charge is -2.32. The average molecular weight is 396 g/mol. The van der Waals surface area contributed by atoms with Gasteiger partial charge in [0.2, 0.25) is 6.79 Å². The monoisotopic (exact) mass is 396 g/mol. The summed E-state index contributed by atoms with van der Waals surface area (Å²) >= 11 is 0. The third-order valence-corrected chi connectivity index (χ3v) is 5.14. The molecule has 8 heteroatoms. The minimum absolute atomic E-state index is 0.00395. The minimum atomic E-state index is -1.13. The molecule has 0 saturated carbocycles. The molecule has 2 aliphatic rings. The maximum Gasteiger partial charge on any atom is 0.336 e. The molecule has 1 fully saturated rings. The molecule has 4 rings (SSSR count). The minimum Gasteiger partial charge on any atom is -0.478 e. The first kappa shape index (κ1) is 18.8. The van der Waals surface area contributed by atoms with E-state index in [-0.39, 0.29) is 35.8 Å². The van der Waals surface area contributed by atoms with Gasteiger partial charge in [0.05, 0.1) is 11.1 Å². The number of rotatable bonds is 4. The summed E-state index contributed by atoms with van der Waals surface area (Å²) in [6.45, 7) is 1.04. The molecule has 0 bridgehead atoms. The molecule has 2 aromatic carbocycles. The Morgan fingerprint density at radius 2 is 1.66 bits per heavy atom. The molecule has 0 aliphatic carbocycles. The van der Waals surface area contributed by atoms with Gasteiger partial charge in [-0.05, 0) is 43.2 Å². The molecule has 2 amide bonds. The number of hydrogen-bond donors (Lipinski definition) is 2. The second kappa shape index (κ2) is 7.83. The number of carbonyl (C=O) groups excluding carboxylic acids is 2. The lowest BCUT2D eigenvalue weighted by Crippen LogP contribution is -2.46. The van der Waals surface area contributed by atoms with Crippen LogP contribution < -0.4 is 14.8 Å². The number of carboxylic acids is 1. The van der Waals surface area contributed by atoms with Gasteiger partial charge in [0, 0.05) is 24.7 Å². The van der Waals surface area contributed by atoms with Gasteiger partial charge in [0.15, 0.2) is 11.5 Å². The van der Waals surface area contributed by atoms with E-state index in [2.05, 4.69) is 5.32 Å². The van der Waals surface area contributed by atoms with Crippen LogP contribution in [-0.2, 0) is 0 Å². The van der Waals surface area contributed by atoms with Crippen molar-refractivity contribution in [1.29, 1.82) is 0 Å². The Morgan fingerprint density at radius 1 is 0.966 bits per heavy atom. The third kappa shape index (κ3) is 3.87. The number of carbonyl (C=O) groups is 3. The lowest BCUT2D eigenvalue weighted by molar-refractivity contribution is 0.0654. The van der Waals surface area contributed by atoms with E-state index in [0.717, 1.165) is 0 Å². The van der Waals surface area contributed by atoms with E-state index in [9.17, 15) is 19.5 Å². The summed E-state index contributed by atoms with van der Waals surface area (Å²) in [5, 5.41) is 12.3. The van der Waals surface area contributed by atoms with Gasteiger partial charge in [-0.2, -0.15) is 0 Å². The van der Waals surface area contributed by atoms with E-state index in [1.54, 1.807) is 35.2 Å².